The van der Waals surface area contributed by atoms with E-state index in [4.69, 9.17) is 16.6 Å². The minimum atomic E-state index is -3.23. The number of benzene rings is 1. The van der Waals surface area contributed by atoms with Crippen molar-refractivity contribution in [2.45, 2.75) is 37.6 Å². The molecule has 1 aromatic carbocycles. The molecule has 0 saturated carbocycles. The van der Waals surface area contributed by atoms with Crippen LogP contribution in [0.4, 0.5) is 0 Å². The number of pyridine rings is 1. The predicted octanol–water partition coefficient (Wildman–Crippen LogP) is 3.87. The first kappa shape index (κ1) is 26.2. The smallest absolute Gasteiger partial charge is 0.254 e. The molecule has 3 aliphatic rings. The van der Waals surface area contributed by atoms with Crippen molar-refractivity contribution in [3.63, 3.8) is 0 Å². The summed E-state index contributed by atoms with van der Waals surface area (Å²) in [7, 11) is -3.23. The van der Waals surface area contributed by atoms with Gasteiger partial charge in [0.25, 0.3) is 5.91 Å². The van der Waals surface area contributed by atoms with Crippen molar-refractivity contribution in [2.75, 3.05) is 32.4 Å². The summed E-state index contributed by atoms with van der Waals surface area (Å²) in [6, 6.07) is 10.1. The van der Waals surface area contributed by atoms with Crippen LogP contribution in [0.2, 0.25) is 5.02 Å². The highest BCUT2D eigenvalue weighted by atomic mass is 35.5. The second-order valence-corrected chi connectivity index (χ2v) is 13.2. The van der Waals surface area contributed by atoms with Gasteiger partial charge in [-0.25, -0.2) is 17.3 Å². The van der Waals surface area contributed by atoms with Crippen molar-refractivity contribution in [1.29, 1.82) is 0 Å². The van der Waals surface area contributed by atoms with Crippen LogP contribution in [0.25, 0.3) is 11.6 Å². The molecule has 0 spiro atoms. The van der Waals surface area contributed by atoms with Crippen LogP contribution in [-0.4, -0.2) is 65.9 Å². The van der Waals surface area contributed by atoms with E-state index in [1.54, 1.807) is 10.5 Å². The third kappa shape index (κ3) is 5.15. The molecular formula is C29H33ClN5O3S+. The summed E-state index contributed by atoms with van der Waals surface area (Å²) in [4.78, 5) is 24.0. The Kier molecular flexibility index (Phi) is 7.07. The summed E-state index contributed by atoms with van der Waals surface area (Å²) in [5, 5.41) is 0.616. The molecule has 0 radical (unpaired) electrons. The molecule has 39 heavy (non-hydrogen) atoms. The average molecular weight is 567 g/mol. The summed E-state index contributed by atoms with van der Waals surface area (Å²) in [5.41, 5.74) is 4.39. The molecule has 1 aliphatic carbocycles. The normalized spacial score (nSPS) is 21.1. The molecule has 1 atom stereocenters. The minimum absolute atomic E-state index is 0.0141. The number of aromatic amines is 1. The average Bonchev–Trinajstić information content (AvgIpc) is 3.44. The topological polar surface area (TPSA) is 90.3 Å². The predicted molar refractivity (Wildman–Crippen MR) is 150 cm³/mol. The van der Waals surface area contributed by atoms with Crippen LogP contribution in [0.3, 0.4) is 0 Å². The summed E-state index contributed by atoms with van der Waals surface area (Å²) in [6.45, 7) is 2.34. The number of H-pyrrole nitrogens is 1. The number of aromatic nitrogens is 3. The lowest BCUT2D eigenvalue weighted by molar-refractivity contribution is -0.724. The van der Waals surface area contributed by atoms with Gasteiger partial charge in [0.05, 0.1) is 11.9 Å². The van der Waals surface area contributed by atoms with E-state index in [0.717, 1.165) is 48.1 Å². The lowest BCUT2D eigenvalue weighted by Gasteiger charge is -2.35. The van der Waals surface area contributed by atoms with E-state index in [1.165, 1.54) is 6.26 Å². The van der Waals surface area contributed by atoms with E-state index < -0.39 is 10.0 Å². The van der Waals surface area contributed by atoms with Gasteiger partial charge in [0, 0.05) is 67.3 Å². The SMILES string of the molecule is CS(=O)(=O)N1CCC(C2c3ccc(Cl)cc3C=C(C(=O)N3CCC([n+]4cc[nH]c4)CC3)c3cccnc32)CC1. The molecule has 3 aromatic rings. The van der Waals surface area contributed by atoms with E-state index in [1.807, 2.05) is 60.0 Å². The van der Waals surface area contributed by atoms with Crippen molar-refractivity contribution in [2.24, 2.45) is 5.92 Å². The van der Waals surface area contributed by atoms with Gasteiger partial charge in [-0.15, -0.1) is 0 Å². The van der Waals surface area contributed by atoms with E-state index in [-0.39, 0.29) is 17.7 Å². The first-order chi connectivity index (χ1) is 18.8. The Morgan fingerprint density at radius 2 is 1.87 bits per heavy atom. The number of hydrogen-bond acceptors (Lipinski definition) is 4. The van der Waals surface area contributed by atoms with Gasteiger partial charge in [-0.3, -0.25) is 14.8 Å². The molecule has 10 heteroatoms. The van der Waals surface area contributed by atoms with Crippen molar-refractivity contribution in [3.8, 4) is 0 Å². The Hall–Kier alpha value is -3.01. The van der Waals surface area contributed by atoms with Crippen molar-refractivity contribution >= 4 is 39.2 Å². The molecule has 0 bridgehead atoms. The van der Waals surface area contributed by atoms with Gasteiger partial charge in [0.15, 0.2) is 0 Å². The molecule has 2 aromatic heterocycles. The molecule has 6 rings (SSSR count). The number of imidazole rings is 1. The Morgan fingerprint density at radius 1 is 1.10 bits per heavy atom. The Morgan fingerprint density at radius 3 is 2.56 bits per heavy atom. The Bertz CT molecular complexity index is 1510. The number of halogens is 1. The largest absolute Gasteiger partial charge is 0.338 e. The quantitative estimate of drug-likeness (QED) is 0.485. The summed E-state index contributed by atoms with van der Waals surface area (Å²) >= 11 is 6.47. The minimum Gasteiger partial charge on any atom is -0.338 e. The van der Waals surface area contributed by atoms with Gasteiger partial charge in [0.1, 0.15) is 18.4 Å². The van der Waals surface area contributed by atoms with Crippen molar-refractivity contribution < 1.29 is 17.8 Å². The fourth-order valence-corrected chi connectivity index (χ4v) is 7.54. The molecule has 2 saturated heterocycles. The van der Waals surface area contributed by atoms with Crippen LogP contribution < -0.4 is 4.57 Å². The number of likely N-dealkylation sites (tertiary alicyclic amines) is 1. The van der Waals surface area contributed by atoms with Crippen LogP contribution in [0, 0.1) is 5.92 Å². The molecule has 2 fully saturated rings. The van der Waals surface area contributed by atoms with Gasteiger partial charge < -0.3 is 4.90 Å². The summed E-state index contributed by atoms with van der Waals surface area (Å²) in [6.07, 6.45) is 14.2. The van der Waals surface area contributed by atoms with E-state index in [0.29, 0.717) is 42.8 Å². The monoisotopic (exact) mass is 566 g/mol. The van der Waals surface area contributed by atoms with Crippen LogP contribution >= 0.6 is 11.6 Å². The lowest BCUT2D eigenvalue weighted by Crippen LogP contribution is -2.47. The highest BCUT2D eigenvalue weighted by molar-refractivity contribution is 7.88. The van der Waals surface area contributed by atoms with Crippen LogP contribution in [0.15, 0.2) is 55.2 Å². The zero-order chi connectivity index (χ0) is 27.1. The highest BCUT2D eigenvalue weighted by Gasteiger charge is 2.38. The molecule has 204 valence electrons. The number of nitrogens with zero attached hydrogens (tertiary/aromatic N) is 4. The second kappa shape index (κ2) is 10.5. The van der Waals surface area contributed by atoms with Gasteiger partial charge >= 0.3 is 0 Å². The molecule has 8 nitrogen and oxygen atoms in total. The van der Waals surface area contributed by atoms with Gasteiger partial charge in [-0.05, 0) is 54.2 Å². The summed E-state index contributed by atoms with van der Waals surface area (Å²) in [5.74, 6) is 0.140. The maximum absolute atomic E-state index is 14.1. The number of sulfonamides is 1. The van der Waals surface area contributed by atoms with E-state index in [9.17, 15) is 13.2 Å². The van der Waals surface area contributed by atoms with Gasteiger partial charge in [-0.2, -0.15) is 0 Å². The molecule has 1 N–H and O–H groups in total. The number of amides is 1. The highest BCUT2D eigenvalue weighted by Crippen LogP contribution is 2.45. The summed E-state index contributed by atoms with van der Waals surface area (Å²) < 4.78 is 28.1. The zero-order valence-corrected chi connectivity index (χ0v) is 23.5. The molecule has 1 unspecified atom stereocenters. The number of rotatable bonds is 4. The molecule has 4 heterocycles. The molecular weight excluding hydrogens is 534 g/mol. The number of fused-ring (bicyclic) bond motifs is 2. The number of piperidine rings is 2. The third-order valence-corrected chi connectivity index (χ3v) is 10.1. The number of hydrogen-bond donors (Lipinski definition) is 1. The first-order valence-corrected chi connectivity index (χ1v) is 15.8. The lowest BCUT2D eigenvalue weighted by atomic mass is 9.76. The fourth-order valence-electron chi connectivity index (χ4n) is 6.49. The maximum atomic E-state index is 14.1. The van der Waals surface area contributed by atoms with E-state index >= 15 is 0 Å². The first-order valence-electron chi connectivity index (χ1n) is 13.5. The van der Waals surface area contributed by atoms with Crippen molar-refractivity contribution in [1.82, 2.24) is 19.2 Å². The van der Waals surface area contributed by atoms with Crippen molar-refractivity contribution in [3.05, 3.63) is 82.7 Å². The van der Waals surface area contributed by atoms with Crippen LogP contribution in [0.1, 0.15) is 60.0 Å². The zero-order valence-electron chi connectivity index (χ0n) is 22.0. The van der Waals surface area contributed by atoms with Crippen LogP contribution in [0.5, 0.6) is 0 Å². The fraction of sp³-hybridized carbons (Fsp3) is 0.414. The number of carbonyl (C=O) groups is 1. The molecule has 2 aliphatic heterocycles. The van der Waals surface area contributed by atoms with Gasteiger partial charge in [-0.1, -0.05) is 23.7 Å². The van der Waals surface area contributed by atoms with Crippen LogP contribution in [-0.2, 0) is 14.8 Å². The maximum Gasteiger partial charge on any atom is 0.254 e. The second-order valence-electron chi connectivity index (χ2n) is 10.8. The number of nitrogens with one attached hydrogen (secondary N) is 1. The molecule has 1 amide bonds. The van der Waals surface area contributed by atoms with E-state index in [2.05, 4.69) is 9.55 Å². The third-order valence-electron chi connectivity index (χ3n) is 8.52. The number of carbonyl (C=O) groups excluding carboxylic acids is 1. The Labute approximate surface area is 234 Å². The standard InChI is InChI=1S/C29H32ClN5O3S/c1-39(37,38)35-14-6-20(7-15-35)27-24-5-4-22(30)17-21(24)18-26(25-3-2-10-32-28(25)27)29(36)33-12-8-23(9-13-33)34-16-11-31-19-34/h2-5,10-11,16-20,23,27H,6-9,12-15H2,1H3/p+1. The van der Waals surface area contributed by atoms with Gasteiger partial charge in [0.2, 0.25) is 16.4 Å². The Balaban J connectivity index is 1.35.